The van der Waals surface area contributed by atoms with Crippen LogP contribution in [-0.2, 0) is 20.8 Å². The molecule has 2 N–H and O–H groups in total. The Hall–Kier alpha value is -3.38. The largest absolute Gasteiger partial charge is 0.507 e. The van der Waals surface area contributed by atoms with Crippen LogP contribution in [0.25, 0.3) is 11.1 Å². The molecule has 3 aliphatic carbocycles. The van der Waals surface area contributed by atoms with Gasteiger partial charge >= 0.3 is 0 Å². The van der Waals surface area contributed by atoms with Crippen molar-refractivity contribution < 1.29 is 29.4 Å². The van der Waals surface area contributed by atoms with Crippen LogP contribution in [-0.4, -0.2) is 38.9 Å². The van der Waals surface area contributed by atoms with Gasteiger partial charge < -0.3 is 10.2 Å². The first-order valence-corrected chi connectivity index (χ1v) is 15.4. The minimum absolute atomic E-state index is 0.0294. The van der Waals surface area contributed by atoms with E-state index in [-0.39, 0.29) is 35.1 Å². The molecule has 1 saturated carbocycles. The number of aromatic hydroxyl groups is 1. The maximum Gasteiger partial charge on any atom is 0.206 e. The lowest BCUT2D eigenvalue weighted by Crippen LogP contribution is -2.73. The lowest BCUT2D eigenvalue weighted by atomic mass is 9.40. The molecule has 0 radical (unpaired) electrons. The third-order valence-electron chi connectivity index (χ3n) is 10.7. The summed E-state index contributed by atoms with van der Waals surface area (Å²) in [7, 11) is 0. The Balaban J connectivity index is 1.79. The minimum atomic E-state index is -2.54. The van der Waals surface area contributed by atoms with Crippen LogP contribution in [0.3, 0.4) is 0 Å². The first-order chi connectivity index (χ1) is 19.8. The number of ketones is 4. The van der Waals surface area contributed by atoms with Crippen LogP contribution in [0.2, 0.25) is 0 Å². The maximum atomic E-state index is 14.7. The van der Waals surface area contributed by atoms with Gasteiger partial charge in [0, 0.05) is 11.0 Å². The Bertz CT molecular complexity index is 1640. The Labute approximate surface area is 254 Å². The number of benzene rings is 2. The molecule has 43 heavy (non-hydrogen) atoms. The van der Waals surface area contributed by atoms with Crippen LogP contribution in [0.1, 0.15) is 100 Å². The van der Waals surface area contributed by atoms with Crippen molar-refractivity contribution in [3.8, 4) is 16.9 Å². The van der Waals surface area contributed by atoms with Crippen LogP contribution in [0.4, 0.5) is 0 Å². The average molecular weight is 585 g/mol. The second kappa shape index (κ2) is 9.82. The maximum absolute atomic E-state index is 14.7. The molecule has 0 aromatic heterocycles. The van der Waals surface area contributed by atoms with Crippen LogP contribution >= 0.6 is 0 Å². The van der Waals surface area contributed by atoms with Crippen molar-refractivity contribution in [2.45, 2.75) is 93.6 Å². The Morgan fingerprint density at radius 2 is 1.53 bits per heavy atom. The van der Waals surface area contributed by atoms with Gasteiger partial charge in [-0.25, -0.2) is 0 Å². The molecular weight excluding hydrogens is 540 g/mol. The van der Waals surface area contributed by atoms with Gasteiger partial charge in [0.05, 0.1) is 17.1 Å². The molecule has 1 unspecified atom stereocenters. The number of phenols is 1. The van der Waals surface area contributed by atoms with Gasteiger partial charge in [-0.05, 0) is 86.5 Å². The number of carbonyl (C=O) groups excluding carboxylic acids is 4. The summed E-state index contributed by atoms with van der Waals surface area (Å²) in [4.78, 5) is 56.1. The van der Waals surface area contributed by atoms with Gasteiger partial charge in [0.2, 0.25) is 5.78 Å². The van der Waals surface area contributed by atoms with Gasteiger partial charge in [-0.15, -0.1) is 0 Å². The summed E-state index contributed by atoms with van der Waals surface area (Å²) < 4.78 is 0. The zero-order valence-corrected chi connectivity index (χ0v) is 27.1. The van der Waals surface area contributed by atoms with Gasteiger partial charge in [0.1, 0.15) is 5.75 Å². The number of hydrogen-bond acceptors (Lipinski definition) is 6. The van der Waals surface area contributed by atoms with Gasteiger partial charge in [-0.1, -0.05) is 76.4 Å². The monoisotopic (exact) mass is 584 g/mol. The number of rotatable bonds is 4. The molecule has 2 aromatic rings. The number of fused-ring (bicyclic) bond motifs is 3. The lowest BCUT2D eigenvalue weighted by Gasteiger charge is -2.62. The van der Waals surface area contributed by atoms with E-state index in [0.717, 1.165) is 27.8 Å². The van der Waals surface area contributed by atoms with Crippen LogP contribution in [0, 0.1) is 42.4 Å². The number of aryl methyl sites for hydroxylation is 2. The van der Waals surface area contributed by atoms with Crippen molar-refractivity contribution in [2.24, 2.45) is 28.6 Å². The van der Waals surface area contributed by atoms with E-state index in [1.807, 2.05) is 58.9 Å². The van der Waals surface area contributed by atoms with E-state index in [2.05, 4.69) is 13.8 Å². The number of hydrogen-bond donors (Lipinski definition) is 2. The first-order valence-electron chi connectivity index (χ1n) is 15.4. The molecule has 5 rings (SSSR count). The molecule has 0 saturated heterocycles. The van der Waals surface area contributed by atoms with Crippen molar-refractivity contribution in [3.63, 3.8) is 0 Å². The Morgan fingerprint density at radius 1 is 0.953 bits per heavy atom. The normalized spacial score (nSPS) is 30.5. The fourth-order valence-corrected chi connectivity index (χ4v) is 9.45. The van der Waals surface area contributed by atoms with Gasteiger partial charge in [-0.2, -0.15) is 0 Å². The molecule has 3 aliphatic rings. The zero-order valence-electron chi connectivity index (χ0n) is 27.1. The quantitative estimate of drug-likeness (QED) is 0.308. The average Bonchev–Trinajstić information content (AvgIpc) is 2.85. The predicted octanol–water partition coefficient (Wildman–Crippen LogP) is 6.63. The number of aliphatic hydroxyl groups is 1. The molecule has 1 fully saturated rings. The molecule has 0 heterocycles. The van der Waals surface area contributed by atoms with E-state index >= 15 is 0 Å². The number of phenolic OH excluding ortho intramolecular Hbond substituents is 1. The van der Waals surface area contributed by atoms with Crippen molar-refractivity contribution in [3.05, 3.63) is 63.2 Å². The topological polar surface area (TPSA) is 109 Å². The molecular formula is C37H44O6. The van der Waals surface area contributed by atoms with E-state index in [0.29, 0.717) is 17.6 Å². The summed E-state index contributed by atoms with van der Waals surface area (Å²) in [6.45, 7) is 18.7. The third kappa shape index (κ3) is 4.08. The summed E-state index contributed by atoms with van der Waals surface area (Å²) in [5, 5.41) is 24.1. The molecule has 0 amide bonds. The van der Waals surface area contributed by atoms with Crippen molar-refractivity contribution in [1.29, 1.82) is 0 Å². The first kappa shape index (κ1) is 31.1. The Morgan fingerprint density at radius 3 is 2.05 bits per heavy atom. The minimum Gasteiger partial charge on any atom is -0.507 e. The number of Topliss-reactive ketones (excluding diaryl/α,β-unsaturated/α-hetero) is 4. The molecule has 6 heteroatoms. The molecule has 0 aliphatic heterocycles. The van der Waals surface area contributed by atoms with E-state index in [1.54, 1.807) is 13.8 Å². The van der Waals surface area contributed by atoms with Crippen molar-refractivity contribution in [1.82, 2.24) is 0 Å². The fraction of sp³-hybridized carbons (Fsp3) is 0.514. The van der Waals surface area contributed by atoms with Crippen molar-refractivity contribution in [2.75, 3.05) is 0 Å². The second-order valence-corrected chi connectivity index (χ2v) is 14.7. The fourth-order valence-electron chi connectivity index (χ4n) is 9.45. The highest BCUT2D eigenvalue weighted by molar-refractivity contribution is 6.33. The van der Waals surface area contributed by atoms with Crippen molar-refractivity contribution >= 4 is 23.1 Å². The predicted molar refractivity (Wildman–Crippen MR) is 166 cm³/mol. The van der Waals surface area contributed by atoms with Crippen LogP contribution in [0.5, 0.6) is 5.75 Å². The molecule has 228 valence electrons. The van der Waals surface area contributed by atoms with Crippen LogP contribution < -0.4 is 0 Å². The van der Waals surface area contributed by atoms with Gasteiger partial charge in [-0.3, -0.25) is 19.2 Å². The standard InChI is InChI=1S/C37H44O6/c1-17(2)24-14-25(23-12-19(5)11-20(6)13-23)31(39)28-26(24)15-35(9)16-36(10)29(18(3)4)21(7)27(22(8)38)33(41)37(36,43)34(42)30(35)32(28)40/h11-14,17-18,29-30,39,43H,15-16H2,1-10H3/t29-,30?,35+,36+,37-/m1/s1. The highest BCUT2D eigenvalue weighted by Gasteiger charge is 2.73. The Kier molecular flexibility index (Phi) is 7.09. The zero-order chi connectivity index (χ0) is 32.1. The summed E-state index contributed by atoms with van der Waals surface area (Å²) in [5.74, 6) is -4.85. The van der Waals surface area contributed by atoms with E-state index in [4.69, 9.17) is 0 Å². The number of carbonyl (C=O) groups is 4. The number of allylic oxidation sites excluding steroid dienone is 1. The van der Waals surface area contributed by atoms with Crippen LogP contribution in [0.15, 0.2) is 35.4 Å². The smallest absolute Gasteiger partial charge is 0.206 e. The molecule has 0 spiro atoms. The highest BCUT2D eigenvalue weighted by Crippen LogP contribution is 2.65. The molecule has 5 atom stereocenters. The summed E-state index contributed by atoms with van der Waals surface area (Å²) in [6, 6.07) is 7.93. The van der Waals surface area contributed by atoms with Gasteiger partial charge in [0.15, 0.2) is 23.0 Å². The molecule has 6 nitrogen and oxygen atoms in total. The van der Waals surface area contributed by atoms with E-state index < -0.39 is 51.4 Å². The summed E-state index contributed by atoms with van der Waals surface area (Å²) >= 11 is 0. The lowest BCUT2D eigenvalue weighted by molar-refractivity contribution is -0.192. The summed E-state index contributed by atoms with van der Waals surface area (Å²) in [5.41, 5.74) is 0.850. The molecule has 2 aromatic carbocycles. The third-order valence-corrected chi connectivity index (χ3v) is 10.7. The van der Waals surface area contributed by atoms with Gasteiger partial charge in [0.25, 0.3) is 0 Å². The summed E-state index contributed by atoms with van der Waals surface area (Å²) in [6.07, 6.45) is 0.567. The SMILES string of the molecule is CC(=O)C1=C(C)[C@@H](C(C)C)[C@]2(C)C[C@]3(C)Cc4c(C(C)C)cc(-c5cc(C)cc(C)c5)c(O)c4C(=O)C3C(=O)[C@]2(O)C1=O. The molecule has 0 bridgehead atoms. The van der Waals surface area contributed by atoms with E-state index in [9.17, 15) is 29.4 Å². The second-order valence-electron chi connectivity index (χ2n) is 14.7. The highest BCUT2D eigenvalue weighted by atomic mass is 16.3. The van der Waals surface area contributed by atoms with E-state index in [1.165, 1.54) is 6.92 Å².